The summed E-state index contributed by atoms with van der Waals surface area (Å²) in [5.74, 6) is -2.24. The van der Waals surface area contributed by atoms with Crippen molar-refractivity contribution >= 4 is 10.9 Å². The van der Waals surface area contributed by atoms with Crippen LogP contribution < -0.4 is 10.3 Å². The molecule has 1 aliphatic heterocycles. The standard InChI is InChI=1S/C24H21F2N3O4.C2H6/c25-19-2-3-20(26)22(18(19)11-27)33-16-1-4-21-17(9-16)23(31)29(13-28-21)14-10-24(32-12-14)7-5-15(30)6-8-24;1-2/h1-4,9,13-15,30H,5-8,10,12H2;1-2H3. The molecular weight excluding hydrogens is 456 g/mol. The predicted octanol–water partition coefficient (Wildman–Crippen LogP) is 5.00. The Kier molecular flexibility index (Phi) is 7.15. The van der Waals surface area contributed by atoms with E-state index in [1.54, 1.807) is 12.1 Å². The van der Waals surface area contributed by atoms with Crippen molar-refractivity contribution in [3.05, 3.63) is 64.2 Å². The summed E-state index contributed by atoms with van der Waals surface area (Å²) in [7, 11) is 0. The number of fused-ring (bicyclic) bond motifs is 1. The maximum Gasteiger partial charge on any atom is 0.261 e. The second kappa shape index (κ2) is 10.1. The van der Waals surface area contributed by atoms with Gasteiger partial charge in [0.1, 0.15) is 23.2 Å². The van der Waals surface area contributed by atoms with Crippen LogP contribution in [-0.4, -0.2) is 33.0 Å². The first kappa shape index (κ1) is 24.8. The van der Waals surface area contributed by atoms with Crippen LogP contribution in [-0.2, 0) is 4.74 Å². The number of halogens is 2. The van der Waals surface area contributed by atoms with Crippen molar-refractivity contribution in [1.82, 2.24) is 9.55 Å². The Bertz CT molecular complexity index is 1330. The van der Waals surface area contributed by atoms with Crippen LogP contribution in [0.2, 0.25) is 0 Å². The molecule has 35 heavy (non-hydrogen) atoms. The fourth-order valence-corrected chi connectivity index (χ4v) is 4.77. The molecule has 184 valence electrons. The number of aliphatic hydroxyl groups excluding tert-OH is 1. The second-order valence-corrected chi connectivity index (χ2v) is 8.67. The van der Waals surface area contributed by atoms with E-state index in [2.05, 4.69) is 4.98 Å². The van der Waals surface area contributed by atoms with E-state index in [4.69, 9.17) is 14.7 Å². The molecule has 5 rings (SSSR count). The summed E-state index contributed by atoms with van der Waals surface area (Å²) in [5.41, 5.74) is -0.749. The smallest absolute Gasteiger partial charge is 0.261 e. The third kappa shape index (κ3) is 4.77. The third-order valence-electron chi connectivity index (χ3n) is 6.59. The van der Waals surface area contributed by atoms with Gasteiger partial charge in [0.15, 0.2) is 11.6 Å². The minimum Gasteiger partial charge on any atom is -0.453 e. The monoisotopic (exact) mass is 483 g/mol. The molecule has 0 bridgehead atoms. The van der Waals surface area contributed by atoms with Gasteiger partial charge in [0.05, 0.1) is 41.6 Å². The van der Waals surface area contributed by atoms with Gasteiger partial charge in [-0.15, -0.1) is 0 Å². The summed E-state index contributed by atoms with van der Waals surface area (Å²) in [6.45, 7) is 4.37. The lowest BCUT2D eigenvalue weighted by Gasteiger charge is -2.34. The maximum absolute atomic E-state index is 14.2. The Morgan fingerprint density at radius 1 is 1.20 bits per heavy atom. The molecule has 7 nitrogen and oxygen atoms in total. The maximum atomic E-state index is 14.2. The van der Waals surface area contributed by atoms with E-state index in [-0.39, 0.29) is 34.4 Å². The zero-order chi connectivity index (χ0) is 25.2. The molecule has 1 saturated carbocycles. The topological polar surface area (TPSA) is 97.4 Å². The summed E-state index contributed by atoms with van der Waals surface area (Å²) < 4.78 is 41.2. The van der Waals surface area contributed by atoms with Crippen molar-refractivity contribution in [3.8, 4) is 17.6 Å². The number of nitrogens with zero attached hydrogens (tertiary/aromatic N) is 3. The summed E-state index contributed by atoms with van der Waals surface area (Å²) >= 11 is 0. The van der Waals surface area contributed by atoms with Crippen molar-refractivity contribution in [2.24, 2.45) is 0 Å². The largest absolute Gasteiger partial charge is 0.453 e. The highest BCUT2D eigenvalue weighted by atomic mass is 19.1. The first-order valence-corrected chi connectivity index (χ1v) is 11.8. The summed E-state index contributed by atoms with van der Waals surface area (Å²) in [4.78, 5) is 17.6. The molecular formula is C26H27F2N3O4. The molecule has 0 radical (unpaired) electrons. The Morgan fingerprint density at radius 3 is 2.63 bits per heavy atom. The Balaban J connectivity index is 0.00000141. The third-order valence-corrected chi connectivity index (χ3v) is 6.59. The molecule has 1 aromatic heterocycles. The highest BCUT2D eigenvalue weighted by Crippen LogP contribution is 2.43. The Labute approximate surface area is 201 Å². The minimum atomic E-state index is -0.899. The van der Waals surface area contributed by atoms with E-state index >= 15 is 0 Å². The van der Waals surface area contributed by atoms with Gasteiger partial charge in [-0.3, -0.25) is 9.36 Å². The van der Waals surface area contributed by atoms with E-state index in [0.29, 0.717) is 31.4 Å². The summed E-state index contributed by atoms with van der Waals surface area (Å²) in [6, 6.07) is 7.58. The van der Waals surface area contributed by atoms with Crippen molar-refractivity contribution in [2.75, 3.05) is 6.61 Å². The van der Waals surface area contributed by atoms with Crippen molar-refractivity contribution in [3.63, 3.8) is 0 Å². The average Bonchev–Trinajstić information content (AvgIpc) is 3.29. The number of aliphatic hydroxyl groups is 1. The molecule has 2 heterocycles. The van der Waals surface area contributed by atoms with Gasteiger partial charge in [0, 0.05) is 0 Å². The zero-order valence-electron chi connectivity index (χ0n) is 19.6. The quantitative estimate of drug-likeness (QED) is 0.563. The molecule has 0 amide bonds. The lowest BCUT2D eigenvalue weighted by molar-refractivity contribution is -0.0510. The number of ether oxygens (including phenoxy) is 2. The van der Waals surface area contributed by atoms with Crippen LogP contribution in [0.25, 0.3) is 10.9 Å². The summed E-state index contributed by atoms with van der Waals surface area (Å²) in [5, 5.41) is 19.2. The van der Waals surface area contributed by atoms with Gasteiger partial charge < -0.3 is 14.6 Å². The molecule has 1 saturated heterocycles. The molecule has 2 fully saturated rings. The number of hydrogen-bond acceptors (Lipinski definition) is 6. The fraction of sp³-hybridized carbons (Fsp3) is 0.423. The van der Waals surface area contributed by atoms with Crippen LogP contribution >= 0.6 is 0 Å². The Hall–Kier alpha value is -3.35. The molecule has 1 aliphatic carbocycles. The van der Waals surface area contributed by atoms with Gasteiger partial charge in [-0.25, -0.2) is 13.8 Å². The van der Waals surface area contributed by atoms with Crippen LogP contribution in [0, 0.1) is 23.0 Å². The molecule has 2 aliphatic rings. The van der Waals surface area contributed by atoms with Crippen molar-refractivity contribution in [1.29, 1.82) is 5.26 Å². The molecule has 2 aromatic carbocycles. The number of rotatable bonds is 3. The molecule has 1 spiro atoms. The lowest BCUT2D eigenvalue weighted by Crippen LogP contribution is -2.35. The van der Waals surface area contributed by atoms with Crippen LogP contribution in [0.4, 0.5) is 8.78 Å². The number of benzene rings is 2. The first-order chi connectivity index (χ1) is 16.9. The molecule has 1 N–H and O–H groups in total. The van der Waals surface area contributed by atoms with Gasteiger partial charge in [-0.2, -0.15) is 5.26 Å². The molecule has 1 unspecified atom stereocenters. The molecule has 3 aromatic rings. The van der Waals surface area contributed by atoms with Gasteiger partial charge in [-0.05, 0) is 62.4 Å². The van der Waals surface area contributed by atoms with E-state index in [1.807, 2.05) is 13.8 Å². The molecule has 9 heteroatoms. The summed E-state index contributed by atoms with van der Waals surface area (Å²) in [6.07, 6.45) is 4.71. The number of hydrogen-bond donors (Lipinski definition) is 1. The second-order valence-electron chi connectivity index (χ2n) is 8.67. The van der Waals surface area contributed by atoms with Crippen molar-refractivity contribution in [2.45, 2.75) is 63.7 Å². The van der Waals surface area contributed by atoms with Crippen molar-refractivity contribution < 1.29 is 23.4 Å². The number of aromatic nitrogens is 2. The van der Waals surface area contributed by atoms with E-state index in [9.17, 15) is 18.7 Å². The lowest BCUT2D eigenvalue weighted by atomic mass is 9.81. The zero-order valence-corrected chi connectivity index (χ0v) is 19.6. The van der Waals surface area contributed by atoms with Gasteiger partial charge in [-0.1, -0.05) is 13.8 Å². The van der Waals surface area contributed by atoms with Crippen LogP contribution in [0.3, 0.4) is 0 Å². The molecule has 1 atom stereocenters. The number of nitriles is 1. The fourth-order valence-electron chi connectivity index (χ4n) is 4.77. The van der Waals surface area contributed by atoms with Gasteiger partial charge in [0.2, 0.25) is 0 Å². The average molecular weight is 484 g/mol. The predicted molar refractivity (Wildman–Crippen MR) is 125 cm³/mol. The van der Waals surface area contributed by atoms with Crippen LogP contribution in [0.15, 0.2) is 41.5 Å². The first-order valence-electron chi connectivity index (χ1n) is 11.8. The van der Waals surface area contributed by atoms with E-state index < -0.39 is 22.9 Å². The van der Waals surface area contributed by atoms with E-state index in [1.165, 1.54) is 23.0 Å². The van der Waals surface area contributed by atoms with Crippen LogP contribution in [0.5, 0.6) is 11.5 Å². The van der Waals surface area contributed by atoms with Gasteiger partial charge >= 0.3 is 0 Å². The highest BCUT2D eigenvalue weighted by molar-refractivity contribution is 5.79. The normalized spacial score (nSPS) is 23.5. The SMILES string of the molecule is CC.N#Cc1c(F)ccc(F)c1Oc1ccc2ncn(C3COC4(CCC(O)CC4)C3)c(=O)c2c1. The van der Waals surface area contributed by atoms with E-state index in [0.717, 1.165) is 25.0 Å². The Morgan fingerprint density at radius 2 is 1.91 bits per heavy atom. The van der Waals surface area contributed by atoms with Gasteiger partial charge in [0.25, 0.3) is 5.56 Å². The highest BCUT2D eigenvalue weighted by Gasteiger charge is 2.43. The minimum absolute atomic E-state index is 0.0839. The van der Waals surface area contributed by atoms with Crippen LogP contribution in [0.1, 0.15) is 57.6 Å².